The number of nitrogens with zero attached hydrogens (tertiary/aromatic N) is 3. The fourth-order valence-corrected chi connectivity index (χ4v) is 8.36. The molecule has 1 aliphatic heterocycles. The molecule has 1 aromatic rings. The SMILES string of the molecule is CC[C@H](C)[C@@H]([C@@H](CC(=O)N1CCC[C@H]1[C@H](OC)[C@@H](C)C(=O)N[C@@H](Cc1ccccc1)C(=O)O)OC)N(C)C(=O)[C@@H](NC(=O)[C@H](C(C)C)N(C)C(=O)[C@@H](C)NC(=O)CN)C(C)C. The van der Waals surface area contributed by atoms with Crippen molar-refractivity contribution in [2.45, 2.75) is 136 Å². The lowest BCUT2D eigenvalue weighted by Crippen LogP contribution is -2.61. The van der Waals surface area contributed by atoms with Crippen LogP contribution in [0.5, 0.6) is 0 Å². The van der Waals surface area contributed by atoms with E-state index in [1.807, 2.05) is 33.8 Å². The maximum Gasteiger partial charge on any atom is 0.326 e. The summed E-state index contributed by atoms with van der Waals surface area (Å²) in [6.07, 6.45) is 0.392. The van der Waals surface area contributed by atoms with Crippen molar-refractivity contribution < 1.29 is 48.1 Å². The molecule has 0 radical (unpaired) electrons. The molecule has 61 heavy (non-hydrogen) atoms. The Labute approximate surface area is 362 Å². The minimum atomic E-state index is -1.16. The second-order valence-electron chi connectivity index (χ2n) is 17.0. The summed E-state index contributed by atoms with van der Waals surface area (Å²) < 4.78 is 11.9. The number of hydrogen-bond donors (Lipinski definition) is 5. The van der Waals surface area contributed by atoms with Gasteiger partial charge in [0.1, 0.15) is 24.2 Å². The van der Waals surface area contributed by atoms with Crippen LogP contribution in [0.3, 0.4) is 0 Å². The highest BCUT2D eigenvalue weighted by Crippen LogP contribution is 2.30. The molecule has 1 aliphatic rings. The molecular formula is C44H73N7O10. The van der Waals surface area contributed by atoms with E-state index < -0.39 is 89.9 Å². The minimum absolute atomic E-state index is 0.0886. The number of carboxylic acids is 1. The van der Waals surface area contributed by atoms with E-state index in [9.17, 15) is 38.7 Å². The molecule has 6 amide bonds. The number of hydrogen-bond acceptors (Lipinski definition) is 10. The van der Waals surface area contributed by atoms with Gasteiger partial charge >= 0.3 is 5.97 Å². The summed E-state index contributed by atoms with van der Waals surface area (Å²) in [5.41, 5.74) is 6.16. The van der Waals surface area contributed by atoms with Crippen LogP contribution >= 0.6 is 0 Å². The first-order valence-electron chi connectivity index (χ1n) is 21.4. The molecule has 1 saturated heterocycles. The summed E-state index contributed by atoms with van der Waals surface area (Å²) in [6.45, 7) is 14.4. The zero-order valence-corrected chi connectivity index (χ0v) is 38.3. The number of aliphatic carboxylic acids is 1. The minimum Gasteiger partial charge on any atom is -0.480 e. The van der Waals surface area contributed by atoms with Gasteiger partial charge in [-0.3, -0.25) is 28.8 Å². The van der Waals surface area contributed by atoms with Gasteiger partial charge in [0.2, 0.25) is 35.4 Å². The Hall–Kier alpha value is -4.61. The van der Waals surface area contributed by atoms with E-state index in [4.69, 9.17) is 15.2 Å². The third kappa shape index (κ3) is 14.2. The van der Waals surface area contributed by atoms with Crippen LogP contribution in [0.15, 0.2) is 30.3 Å². The van der Waals surface area contributed by atoms with Gasteiger partial charge in [-0.05, 0) is 43.1 Å². The molecule has 0 bridgehead atoms. The van der Waals surface area contributed by atoms with Gasteiger partial charge in [0.05, 0.1) is 43.2 Å². The zero-order chi connectivity index (χ0) is 46.3. The second kappa shape index (κ2) is 24.7. The lowest BCUT2D eigenvalue weighted by molar-refractivity contribution is -0.149. The number of benzene rings is 1. The quantitative estimate of drug-likeness (QED) is 0.101. The van der Waals surface area contributed by atoms with Crippen LogP contribution in [0.2, 0.25) is 0 Å². The van der Waals surface area contributed by atoms with Crippen molar-refractivity contribution in [1.29, 1.82) is 0 Å². The summed E-state index contributed by atoms with van der Waals surface area (Å²) in [5.74, 6) is -5.51. The fraction of sp³-hybridized carbons (Fsp3) is 0.705. The summed E-state index contributed by atoms with van der Waals surface area (Å²) in [5, 5.41) is 18.0. The first-order chi connectivity index (χ1) is 28.7. The number of carbonyl (C=O) groups is 7. The van der Waals surface area contributed by atoms with E-state index in [0.717, 1.165) is 5.56 Å². The van der Waals surface area contributed by atoms with E-state index in [0.29, 0.717) is 25.8 Å². The monoisotopic (exact) mass is 860 g/mol. The number of ether oxygens (including phenoxy) is 2. The zero-order valence-electron chi connectivity index (χ0n) is 38.3. The standard InChI is InChI=1S/C44H73N7O10/c1-13-27(6)38(50(10)43(57)36(25(2)3)48-41(55)37(26(4)5)49(9)42(56)29(8)46-34(52)24-45)33(60-11)23-35(53)51-21-17-20-32(51)39(61-12)28(7)40(54)47-31(44(58)59)22-30-18-15-14-16-19-30/h14-16,18-19,25-29,31-33,36-39H,13,17,20-24,45H2,1-12H3,(H,46,52)(H,47,54)(H,48,55)(H,58,59)/t27-,28+,29+,31-,32-,33+,36-,37-,38-,39+/m0/s1. The van der Waals surface area contributed by atoms with Gasteiger partial charge in [-0.15, -0.1) is 0 Å². The van der Waals surface area contributed by atoms with E-state index in [1.165, 1.54) is 33.1 Å². The average molecular weight is 860 g/mol. The summed E-state index contributed by atoms with van der Waals surface area (Å²) in [7, 11) is 6.07. The predicted octanol–water partition coefficient (Wildman–Crippen LogP) is 1.81. The molecule has 1 fully saturated rings. The number of methoxy groups -OCH3 is 2. The van der Waals surface area contributed by atoms with Crippen LogP contribution in [0.1, 0.15) is 86.6 Å². The molecule has 17 nitrogen and oxygen atoms in total. The van der Waals surface area contributed by atoms with Gasteiger partial charge in [0.15, 0.2) is 0 Å². The van der Waals surface area contributed by atoms with Crippen molar-refractivity contribution in [2.24, 2.45) is 29.4 Å². The largest absolute Gasteiger partial charge is 0.480 e. The third-order valence-electron chi connectivity index (χ3n) is 12.0. The number of rotatable bonds is 24. The lowest BCUT2D eigenvalue weighted by atomic mass is 9.89. The Morgan fingerprint density at radius 1 is 0.852 bits per heavy atom. The van der Waals surface area contributed by atoms with Crippen molar-refractivity contribution in [3.63, 3.8) is 0 Å². The van der Waals surface area contributed by atoms with E-state index in [2.05, 4.69) is 16.0 Å². The van der Waals surface area contributed by atoms with E-state index in [-0.39, 0.29) is 43.0 Å². The van der Waals surface area contributed by atoms with Crippen molar-refractivity contribution in [1.82, 2.24) is 30.7 Å². The van der Waals surface area contributed by atoms with Gasteiger partial charge in [0.25, 0.3) is 0 Å². The molecule has 10 atom stereocenters. The molecule has 0 aromatic heterocycles. The number of likely N-dealkylation sites (tertiary alicyclic amines) is 1. The molecule has 6 N–H and O–H groups in total. The molecule has 17 heteroatoms. The maximum absolute atomic E-state index is 14.5. The molecule has 1 aromatic carbocycles. The topological polar surface area (TPSA) is 230 Å². The summed E-state index contributed by atoms with van der Waals surface area (Å²) in [6, 6.07) is 3.89. The van der Waals surface area contributed by atoms with Crippen LogP contribution in [0.25, 0.3) is 0 Å². The first kappa shape index (κ1) is 52.5. The molecule has 0 unspecified atom stereocenters. The normalized spacial score (nSPS) is 18.5. The molecule has 0 aliphatic carbocycles. The van der Waals surface area contributed by atoms with Crippen LogP contribution in [-0.2, 0) is 49.5 Å². The van der Waals surface area contributed by atoms with Gasteiger partial charge in [-0.25, -0.2) is 4.79 Å². The number of carbonyl (C=O) groups excluding carboxylic acids is 6. The Morgan fingerprint density at radius 2 is 1.48 bits per heavy atom. The van der Waals surface area contributed by atoms with Gasteiger partial charge < -0.3 is 51.0 Å². The molecule has 0 saturated carbocycles. The summed E-state index contributed by atoms with van der Waals surface area (Å²) in [4.78, 5) is 98.0. The molecule has 2 rings (SSSR count). The number of carboxylic acid groups (broad SMARTS) is 1. The second-order valence-corrected chi connectivity index (χ2v) is 17.0. The van der Waals surface area contributed by atoms with E-state index >= 15 is 0 Å². The molecule has 344 valence electrons. The highest BCUT2D eigenvalue weighted by molar-refractivity contribution is 5.94. The predicted molar refractivity (Wildman–Crippen MR) is 231 cm³/mol. The van der Waals surface area contributed by atoms with E-state index in [1.54, 1.807) is 61.9 Å². The third-order valence-corrected chi connectivity index (χ3v) is 12.0. The van der Waals surface area contributed by atoms with Crippen molar-refractivity contribution in [3.05, 3.63) is 35.9 Å². The number of amides is 6. The van der Waals surface area contributed by atoms with Gasteiger partial charge in [0, 0.05) is 41.3 Å². The van der Waals surface area contributed by atoms with Crippen LogP contribution in [0, 0.1) is 23.7 Å². The highest BCUT2D eigenvalue weighted by Gasteiger charge is 2.44. The van der Waals surface area contributed by atoms with Crippen molar-refractivity contribution in [2.75, 3.05) is 41.4 Å². The van der Waals surface area contributed by atoms with Crippen molar-refractivity contribution in [3.8, 4) is 0 Å². The number of likely N-dealkylation sites (N-methyl/N-ethyl adjacent to an activating group) is 2. The van der Waals surface area contributed by atoms with Crippen LogP contribution in [-0.4, -0.2) is 151 Å². The Balaban J connectivity index is 2.30. The highest BCUT2D eigenvalue weighted by atomic mass is 16.5. The van der Waals surface area contributed by atoms with Crippen LogP contribution in [0.4, 0.5) is 0 Å². The molecular weight excluding hydrogens is 787 g/mol. The van der Waals surface area contributed by atoms with Gasteiger partial charge in [-0.2, -0.15) is 0 Å². The maximum atomic E-state index is 14.5. The molecule has 1 heterocycles. The smallest absolute Gasteiger partial charge is 0.326 e. The lowest BCUT2D eigenvalue weighted by Gasteiger charge is -2.41. The molecule has 0 spiro atoms. The van der Waals surface area contributed by atoms with Crippen LogP contribution < -0.4 is 21.7 Å². The Bertz CT molecular complexity index is 1630. The van der Waals surface area contributed by atoms with Gasteiger partial charge in [-0.1, -0.05) is 85.2 Å². The summed E-state index contributed by atoms with van der Waals surface area (Å²) >= 11 is 0. The van der Waals surface area contributed by atoms with Crippen molar-refractivity contribution >= 4 is 41.4 Å². The number of nitrogens with one attached hydrogen (secondary N) is 3. The number of nitrogens with two attached hydrogens (primary N) is 1. The fourth-order valence-electron chi connectivity index (χ4n) is 8.36. The average Bonchev–Trinajstić information content (AvgIpc) is 3.71. The Kier molecular flexibility index (Phi) is 21.3. The first-order valence-corrected chi connectivity index (χ1v) is 21.4. The Morgan fingerprint density at radius 3 is 1.98 bits per heavy atom.